The van der Waals surface area contributed by atoms with Gasteiger partial charge in [-0.05, 0) is 29.7 Å². The van der Waals surface area contributed by atoms with Crippen LogP contribution in [0.1, 0.15) is 30.0 Å². The number of para-hydroxylation sites is 1. The fraction of sp³-hybridized carbons (Fsp3) is 0.306. The number of rotatable bonds is 16. The Bertz CT molecular complexity index is 1710. The number of nitrogens with one attached hydrogen (secondary N) is 3. The molecule has 0 saturated heterocycles. The minimum Gasteiger partial charge on any atom is -0.391 e. The van der Waals surface area contributed by atoms with Gasteiger partial charge in [-0.1, -0.05) is 78.9 Å². The topological polar surface area (TPSA) is 176 Å². The van der Waals surface area contributed by atoms with Crippen molar-refractivity contribution in [1.29, 1.82) is 0 Å². The highest BCUT2D eigenvalue weighted by atomic mass is 16.3. The molecule has 0 aliphatic heterocycles. The average molecular weight is 655 g/mol. The van der Waals surface area contributed by atoms with Crippen molar-refractivity contribution in [1.82, 2.24) is 25.4 Å². The van der Waals surface area contributed by atoms with E-state index >= 15 is 0 Å². The zero-order valence-electron chi connectivity index (χ0n) is 27.0. The molecule has 4 aromatic rings. The van der Waals surface area contributed by atoms with E-state index in [0.717, 1.165) is 11.1 Å². The molecule has 1 aromatic heterocycles. The Morgan fingerprint density at radius 2 is 1.44 bits per heavy atom. The number of likely N-dealkylation sites (N-methyl/N-ethyl adjacent to an activating group) is 1. The minimum absolute atomic E-state index is 0.0430. The van der Waals surface area contributed by atoms with Crippen LogP contribution in [0.25, 0.3) is 10.9 Å². The number of nitrogens with two attached hydrogens (primary N) is 1. The van der Waals surface area contributed by atoms with Crippen LogP contribution < -0.4 is 21.7 Å². The molecule has 48 heavy (non-hydrogen) atoms. The van der Waals surface area contributed by atoms with Gasteiger partial charge >= 0.3 is 0 Å². The second kappa shape index (κ2) is 17.0. The Balaban J connectivity index is 1.66. The Morgan fingerprint density at radius 1 is 0.833 bits per heavy atom. The van der Waals surface area contributed by atoms with E-state index in [1.54, 1.807) is 37.5 Å². The first-order valence-corrected chi connectivity index (χ1v) is 15.8. The van der Waals surface area contributed by atoms with E-state index in [-0.39, 0.29) is 31.7 Å². The molecule has 0 aliphatic rings. The van der Waals surface area contributed by atoms with E-state index in [1.807, 2.05) is 60.7 Å². The molecule has 0 saturated carbocycles. The molecule has 0 bridgehead atoms. The zero-order valence-corrected chi connectivity index (χ0v) is 27.0. The lowest BCUT2D eigenvalue weighted by atomic mass is 10.0. The predicted octanol–water partition coefficient (Wildman–Crippen LogP) is 1.31. The number of amides is 4. The molecule has 252 valence electrons. The predicted molar refractivity (Wildman–Crippen MR) is 182 cm³/mol. The number of aliphatic hydroxyl groups excluding tert-OH is 1. The number of carbonyl (C=O) groups excluding carboxylic acids is 5. The molecule has 3 aromatic carbocycles. The molecule has 6 N–H and O–H groups in total. The van der Waals surface area contributed by atoms with Crippen LogP contribution in [0.5, 0.6) is 0 Å². The van der Waals surface area contributed by atoms with Gasteiger partial charge in [-0.15, -0.1) is 0 Å². The Labute approximate surface area is 279 Å². The summed E-state index contributed by atoms with van der Waals surface area (Å²) in [5, 5.41) is 19.1. The summed E-state index contributed by atoms with van der Waals surface area (Å²) < 4.78 is 1.38. The molecule has 0 fully saturated rings. The first kappa shape index (κ1) is 35.5. The second-order valence-corrected chi connectivity index (χ2v) is 11.7. The molecule has 0 unspecified atom stereocenters. The van der Waals surface area contributed by atoms with Gasteiger partial charge in [-0.25, -0.2) is 0 Å². The molecular formula is C36H42N6O6. The van der Waals surface area contributed by atoms with Crippen molar-refractivity contribution in [2.24, 2.45) is 5.73 Å². The number of hydrogen-bond acceptors (Lipinski definition) is 7. The standard InChI is InChI=1S/C36H42N6O6/c1-24(44)33(40-32(45)17-18-37)35(47)38-29(20-27-22-42(23-43)31-16-10-9-15-28(27)31)34(46)39-30(19-25-11-5-3-6-12-25)36(48)41(2)21-26-13-7-4-8-14-26/h3-16,22-24,29-30,33,44H,17-21,37H2,1-2H3,(H,38,47)(H,39,46)(H,40,45)/t24-,29-,30+,33+/m1/s1. The van der Waals surface area contributed by atoms with Crippen LogP contribution in [0.2, 0.25) is 0 Å². The Hall–Kier alpha value is -5.33. The van der Waals surface area contributed by atoms with E-state index < -0.39 is 42.0 Å². The van der Waals surface area contributed by atoms with Gasteiger partial charge in [-0.2, -0.15) is 0 Å². The first-order chi connectivity index (χ1) is 23.1. The highest BCUT2D eigenvalue weighted by Crippen LogP contribution is 2.22. The highest BCUT2D eigenvalue weighted by molar-refractivity contribution is 5.96. The van der Waals surface area contributed by atoms with Gasteiger partial charge in [-0.3, -0.25) is 28.5 Å². The molecular weight excluding hydrogens is 612 g/mol. The molecule has 12 heteroatoms. The average Bonchev–Trinajstić information content (AvgIpc) is 3.44. The SMILES string of the molecule is C[C@@H](O)[C@H](NC(=O)CCN)C(=O)N[C@H](Cc1cn(C=O)c2ccccc12)C(=O)N[C@@H](Cc1ccccc1)C(=O)N(C)Cc1ccccc1. The number of aromatic nitrogens is 1. The third-order valence-corrected chi connectivity index (χ3v) is 7.98. The monoisotopic (exact) mass is 654 g/mol. The van der Waals surface area contributed by atoms with Gasteiger partial charge in [0.05, 0.1) is 11.6 Å². The second-order valence-electron chi connectivity index (χ2n) is 11.7. The highest BCUT2D eigenvalue weighted by Gasteiger charge is 2.33. The maximum Gasteiger partial charge on any atom is 0.245 e. The Morgan fingerprint density at radius 3 is 2.06 bits per heavy atom. The van der Waals surface area contributed by atoms with Crippen LogP contribution in [0.4, 0.5) is 0 Å². The van der Waals surface area contributed by atoms with Crippen molar-refractivity contribution in [3.05, 3.63) is 108 Å². The van der Waals surface area contributed by atoms with Crippen LogP contribution >= 0.6 is 0 Å². The summed E-state index contributed by atoms with van der Waals surface area (Å²) >= 11 is 0. The normalized spacial score (nSPS) is 13.5. The van der Waals surface area contributed by atoms with Gasteiger partial charge in [0.15, 0.2) is 0 Å². The summed E-state index contributed by atoms with van der Waals surface area (Å²) in [5.41, 5.74) is 8.41. The lowest BCUT2D eigenvalue weighted by Gasteiger charge is -2.28. The summed E-state index contributed by atoms with van der Waals surface area (Å²) in [6, 6.07) is 22.2. The van der Waals surface area contributed by atoms with E-state index in [4.69, 9.17) is 5.73 Å². The molecule has 0 aliphatic carbocycles. The van der Waals surface area contributed by atoms with E-state index in [1.165, 1.54) is 16.4 Å². The summed E-state index contributed by atoms with van der Waals surface area (Å²) in [7, 11) is 1.66. The number of benzene rings is 3. The van der Waals surface area contributed by atoms with Crippen LogP contribution in [0.15, 0.2) is 91.1 Å². The van der Waals surface area contributed by atoms with Crippen molar-refractivity contribution in [2.75, 3.05) is 13.6 Å². The van der Waals surface area contributed by atoms with Crippen molar-refractivity contribution < 1.29 is 29.1 Å². The number of aliphatic hydroxyl groups is 1. The molecule has 0 spiro atoms. The number of hydrogen-bond donors (Lipinski definition) is 5. The molecule has 4 amide bonds. The third kappa shape index (κ3) is 9.36. The number of nitrogens with zero attached hydrogens (tertiary/aromatic N) is 2. The first-order valence-electron chi connectivity index (χ1n) is 15.8. The summed E-state index contributed by atoms with van der Waals surface area (Å²) in [5.74, 6) is -2.34. The smallest absolute Gasteiger partial charge is 0.245 e. The fourth-order valence-corrected chi connectivity index (χ4v) is 5.52. The molecule has 12 nitrogen and oxygen atoms in total. The fourth-order valence-electron chi connectivity index (χ4n) is 5.52. The van der Waals surface area contributed by atoms with Crippen LogP contribution in [-0.4, -0.2) is 82.4 Å². The van der Waals surface area contributed by atoms with E-state index in [9.17, 15) is 29.1 Å². The number of carbonyl (C=O) groups is 5. The van der Waals surface area contributed by atoms with Gasteiger partial charge in [0.2, 0.25) is 30.0 Å². The van der Waals surface area contributed by atoms with Gasteiger partial charge in [0.25, 0.3) is 0 Å². The molecule has 0 radical (unpaired) electrons. The van der Waals surface area contributed by atoms with Gasteiger partial charge < -0.3 is 31.7 Å². The maximum absolute atomic E-state index is 14.2. The Kier molecular flexibility index (Phi) is 12.6. The van der Waals surface area contributed by atoms with Crippen molar-refractivity contribution >= 4 is 40.9 Å². The van der Waals surface area contributed by atoms with Crippen molar-refractivity contribution in [3.8, 4) is 0 Å². The summed E-state index contributed by atoms with van der Waals surface area (Å²) in [4.78, 5) is 67.3. The van der Waals surface area contributed by atoms with E-state index in [0.29, 0.717) is 29.4 Å². The zero-order chi connectivity index (χ0) is 34.6. The maximum atomic E-state index is 14.2. The van der Waals surface area contributed by atoms with Crippen LogP contribution in [-0.2, 0) is 43.4 Å². The van der Waals surface area contributed by atoms with E-state index in [2.05, 4.69) is 16.0 Å². The quantitative estimate of drug-likeness (QED) is 0.113. The van der Waals surface area contributed by atoms with Crippen LogP contribution in [0.3, 0.4) is 0 Å². The summed E-state index contributed by atoms with van der Waals surface area (Å²) in [6.45, 7) is 1.70. The number of fused-ring (bicyclic) bond motifs is 1. The van der Waals surface area contributed by atoms with Crippen molar-refractivity contribution in [2.45, 2.75) is 57.0 Å². The lowest BCUT2D eigenvalue weighted by Crippen LogP contribution is -2.59. The van der Waals surface area contributed by atoms with Crippen LogP contribution in [0, 0.1) is 0 Å². The minimum atomic E-state index is -1.38. The molecule has 4 rings (SSSR count). The largest absolute Gasteiger partial charge is 0.391 e. The third-order valence-electron chi connectivity index (χ3n) is 7.98. The lowest BCUT2D eigenvalue weighted by molar-refractivity contribution is -0.137. The van der Waals surface area contributed by atoms with Crippen molar-refractivity contribution in [3.63, 3.8) is 0 Å². The molecule has 4 atom stereocenters. The van der Waals surface area contributed by atoms with Gasteiger partial charge in [0.1, 0.15) is 18.1 Å². The molecule has 1 heterocycles. The van der Waals surface area contributed by atoms with Gasteiger partial charge in [0, 0.05) is 51.0 Å². The summed E-state index contributed by atoms with van der Waals surface area (Å²) in [6.07, 6.45) is 0.986.